The number of ether oxygens (including phenoxy) is 5. The van der Waals surface area contributed by atoms with E-state index in [1.165, 1.54) is 46.6 Å². The molecule has 0 spiro atoms. The molecule has 1 heterocycles. The molecule has 0 saturated heterocycles. The first-order valence-corrected chi connectivity index (χ1v) is 8.81. The molecule has 0 aliphatic heterocycles. The van der Waals surface area contributed by atoms with Crippen LogP contribution in [-0.2, 0) is 4.79 Å². The van der Waals surface area contributed by atoms with Crippen LogP contribution in [0, 0.1) is 0 Å². The van der Waals surface area contributed by atoms with Gasteiger partial charge in [-0.15, -0.1) is 0 Å². The smallest absolute Gasteiger partial charge is 0.336 e. The Morgan fingerprint density at radius 3 is 2.10 bits per heavy atom. The fraction of sp³-hybridized carbons (Fsp3) is 0.182. The summed E-state index contributed by atoms with van der Waals surface area (Å²) in [6, 6.07) is 9.32. The largest absolute Gasteiger partial charge is 0.493 e. The summed E-state index contributed by atoms with van der Waals surface area (Å²) >= 11 is 0. The lowest BCUT2D eigenvalue weighted by molar-refractivity contribution is -0.129. The summed E-state index contributed by atoms with van der Waals surface area (Å²) in [5.74, 6) is 1.15. The van der Waals surface area contributed by atoms with Crippen LogP contribution in [0.2, 0.25) is 0 Å². The van der Waals surface area contributed by atoms with Gasteiger partial charge in [-0.05, 0) is 35.9 Å². The molecule has 0 fully saturated rings. The fourth-order valence-electron chi connectivity index (χ4n) is 2.82. The standard InChI is InChI=1S/C22H20O8/c1-25-16-11-14-6-8-21(24)29-15(14)12-17(16)30-20(23)7-5-13-9-18(26-2)22(28-4)19(10-13)27-3/h5-12H,1-4H3/b7-5+. The zero-order valence-electron chi connectivity index (χ0n) is 16.9. The van der Waals surface area contributed by atoms with E-state index in [0.717, 1.165) is 0 Å². The zero-order valence-corrected chi connectivity index (χ0v) is 16.9. The van der Waals surface area contributed by atoms with Crippen molar-refractivity contribution in [1.82, 2.24) is 0 Å². The van der Waals surface area contributed by atoms with E-state index in [1.54, 1.807) is 30.3 Å². The van der Waals surface area contributed by atoms with Crippen LogP contribution in [0.3, 0.4) is 0 Å². The number of rotatable bonds is 7. The van der Waals surface area contributed by atoms with E-state index in [0.29, 0.717) is 33.9 Å². The van der Waals surface area contributed by atoms with Crippen LogP contribution in [0.1, 0.15) is 5.56 Å². The van der Waals surface area contributed by atoms with Crippen LogP contribution < -0.4 is 29.3 Å². The summed E-state index contributed by atoms with van der Waals surface area (Å²) in [6.45, 7) is 0. The maximum Gasteiger partial charge on any atom is 0.336 e. The van der Waals surface area contributed by atoms with E-state index in [1.807, 2.05) is 0 Å². The molecule has 0 amide bonds. The van der Waals surface area contributed by atoms with Gasteiger partial charge < -0.3 is 28.1 Å². The molecule has 0 aliphatic carbocycles. The second-order valence-electron chi connectivity index (χ2n) is 6.01. The molecule has 0 N–H and O–H groups in total. The van der Waals surface area contributed by atoms with Crippen molar-refractivity contribution >= 4 is 23.0 Å². The average molecular weight is 412 g/mol. The van der Waals surface area contributed by atoms with Crippen molar-refractivity contribution < 1.29 is 32.9 Å². The lowest BCUT2D eigenvalue weighted by Gasteiger charge is -2.12. The average Bonchev–Trinajstić information content (AvgIpc) is 2.76. The topological polar surface area (TPSA) is 93.4 Å². The third kappa shape index (κ3) is 4.38. The molecule has 8 nitrogen and oxygen atoms in total. The fourth-order valence-corrected chi connectivity index (χ4v) is 2.82. The minimum Gasteiger partial charge on any atom is -0.493 e. The van der Waals surface area contributed by atoms with Gasteiger partial charge in [-0.1, -0.05) is 0 Å². The van der Waals surface area contributed by atoms with Crippen LogP contribution in [0.5, 0.6) is 28.7 Å². The van der Waals surface area contributed by atoms with Crippen molar-refractivity contribution in [3.05, 3.63) is 58.5 Å². The summed E-state index contributed by atoms with van der Waals surface area (Å²) in [4.78, 5) is 23.8. The SMILES string of the molecule is COc1cc2ccc(=O)oc2cc1OC(=O)/C=C/c1cc(OC)c(OC)c(OC)c1. The predicted octanol–water partition coefficient (Wildman–Crippen LogP) is 3.45. The van der Waals surface area contributed by atoms with Crippen molar-refractivity contribution in [1.29, 1.82) is 0 Å². The Morgan fingerprint density at radius 1 is 0.833 bits per heavy atom. The summed E-state index contributed by atoms with van der Waals surface area (Å²) in [5.41, 5.74) is 0.407. The number of hydrogen-bond acceptors (Lipinski definition) is 8. The number of hydrogen-bond donors (Lipinski definition) is 0. The molecule has 8 heteroatoms. The molecule has 0 unspecified atom stereocenters. The number of methoxy groups -OCH3 is 4. The molecule has 0 atom stereocenters. The van der Waals surface area contributed by atoms with Crippen LogP contribution in [0.15, 0.2) is 51.7 Å². The van der Waals surface area contributed by atoms with E-state index in [2.05, 4.69) is 0 Å². The van der Waals surface area contributed by atoms with Gasteiger partial charge >= 0.3 is 11.6 Å². The van der Waals surface area contributed by atoms with Gasteiger partial charge in [0.05, 0.1) is 28.4 Å². The second kappa shape index (κ2) is 9.04. The number of benzene rings is 2. The zero-order chi connectivity index (χ0) is 21.7. The Balaban J connectivity index is 1.86. The minimum atomic E-state index is -0.653. The van der Waals surface area contributed by atoms with Gasteiger partial charge in [0.1, 0.15) is 5.58 Å². The molecule has 30 heavy (non-hydrogen) atoms. The van der Waals surface area contributed by atoms with E-state index < -0.39 is 11.6 Å². The summed E-state index contributed by atoms with van der Waals surface area (Å²) < 4.78 is 31.6. The van der Waals surface area contributed by atoms with E-state index >= 15 is 0 Å². The van der Waals surface area contributed by atoms with Crippen LogP contribution in [0.4, 0.5) is 0 Å². The van der Waals surface area contributed by atoms with Crippen molar-refractivity contribution in [3.8, 4) is 28.7 Å². The highest BCUT2D eigenvalue weighted by molar-refractivity contribution is 5.90. The lowest BCUT2D eigenvalue weighted by Crippen LogP contribution is -2.05. The highest BCUT2D eigenvalue weighted by atomic mass is 16.6. The molecular formula is C22H20O8. The number of carbonyl (C=O) groups excluding carboxylic acids is 1. The monoisotopic (exact) mass is 412 g/mol. The van der Waals surface area contributed by atoms with Crippen molar-refractivity contribution in [2.45, 2.75) is 0 Å². The van der Waals surface area contributed by atoms with Crippen LogP contribution in [0.25, 0.3) is 17.0 Å². The molecule has 0 radical (unpaired) electrons. The van der Waals surface area contributed by atoms with Gasteiger partial charge in [-0.3, -0.25) is 0 Å². The molecule has 3 aromatic rings. The Morgan fingerprint density at radius 2 is 1.50 bits per heavy atom. The Kier molecular flexibility index (Phi) is 6.26. The quantitative estimate of drug-likeness (QED) is 0.252. The Hall–Kier alpha value is -3.94. The Labute approximate surface area is 172 Å². The molecule has 3 rings (SSSR count). The maximum absolute atomic E-state index is 12.3. The van der Waals surface area contributed by atoms with Gasteiger partial charge in [0.2, 0.25) is 5.75 Å². The van der Waals surface area contributed by atoms with E-state index in [4.69, 9.17) is 28.1 Å². The summed E-state index contributed by atoms with van der Waals surface area (Å²) in [6.07, 6.45) is 2.78. The summed E-state index contributed by atoms with van der Waals surface area (Å²) in [7, 11) is 5.96. The van der Waals surface area contributed by atoms with Crippen LogP contribution >= 0.6 is 0 Å². The van der Waals surface area contributed by atoms with E-state index in [9.17, 15) is 9.59 Å². The molecule has 1 aromatic heterocycles. The molecule has 0 saturated carbocycles. The van der Waals surface area contributed by atoms with Gasteiger partial charge in [-0.25, -0.2) is 9.59 Å². The first kappa shape index (κ1) is 20.8. The Bertz CT molecular complexity index is 1130. The predicted molar refractivity (Wildman–Crippen MR) is 110 cm³/mol. The highest BCUT2D eigenvalue weighted by Gasteiger charge is 2.14. The maximum atomic E-state index is 12.3. The van der Waals surface area contributed by atoms with Gasteiger partial charge in [0, 0.05) is 23.6 Å². The molecule has 0 bridgehead atoms. The van der Waals surface area contributed by atoms with E-state index in [-0.39, 0.29) is 11.3 Å². The van der Waals surface area contributed by atoms with Gasteiger partial charge in [0.15, 0.2) is 23.0 Å². The minimum absolute atomic E-state index is 0.124. The molecule has 0 aliphatic rings. The van der Waals surface area contributed by atoms with Crippen molar-refractivity contribution in [2.24, 2.45) is 0 Å². The van der Waals surface area contributed by atoms with Crippen molar-refractivity contribution in [2.75, 3.05) is 28.4 Å². The van der Waals surface area contributed by atoms with Gasteiger partial charge in [-0.2, -0.15) is 0 Å². The summed E-state index contributed by atoms with van der Waals surface area (Å²) in [5, 5.41) is 0.638. The third-order valence-electron chi connectivity index (χ3n) is 4.22. The lowest BCUT2D eigenvalue weighted by atomic mass is 10.1. The second-order valence-corrected chi connectivity index (χ2v) is 6.01. The first-order valence-electron chi connectivity index (χ1n) is 8.81. The molecular weight excluding hydrogens is 392 g/mol. The third-order valence-corrected chi connectivity index (χ3v) is 4.22. The van der Waals surface area contributed by atoms with Crippen molar-refractivity contribution in [3.63, 3.8) is 0 Å². The molecule has 156 valence electrons. The van der Waals surface area contributed by atoms with Crippen LogP contribution in [-0.4, -0.2) is 34.4 Å². The number of fused-ring (bicyclic) bond motifs is 1. The first-order chi connectivity index (χ1) is 14.5. The normalized spacial score (nSPS) is 10.8. The highest BCUT2D eigenvalue weighted by Crippen LogP contribution is 2.38. The molecule has 2 aromatic carbocycles. The number of esters is 1. The van der Waals surface area contributed by atoms with Gasteiger partial charge in [0.25, 0.3) is 0 Å². The number of carbonyl (C=O) groups is 1.